The van der Waals surface area contributed by atoms with Gasteiger partial charge >= 0.3 is 6.18 Å². The maximum absolute atomic E-state index is 13.0. The standard InChI is InChI=1S/C14H19F3N2/c1-10(19-8-6-11(18)7-9-19)12-4-2-3-5-13(12)14(15,16)17/h2-5,10-11H,6-9,18H2,1H3. The van der Waals surface area contributed by atoms with Crippen LogP contribution in [0.1, 0.15) is 36.9 Å². The average molecular weight is 272 g/mol. The van der Waals surface area contributed by atoms with Gasteiger partial charge in [0.1, 0.15) is 0 Å². The van der Waals surface area contributed by atoms with Crippen LogP contribution in [0.15, 0.2) is 24.3 Å². The van der Waals surface area contributed by atoms with Gasteiger partial charge in [-0.3, -0.25) is 4.90 Å². The molecule has 0 aliphatic carbocycles. The number of alkyl halides is 3. The highest BCUT2D eigenvalue weighted by Crippen LogP contribution is 2.36. The Bertz CT molecular complexity index is 423. The number of nitrogens with zero attached hydrogens (tertiary/aromatic N) is 1. The summed E-state index contributed by atoms with van der Waals surface area (Å²) in [5, 5.41) is 0. The van der Waals surface area contributed by atoms with Gasteiger partial charge in [-0.1, -0.05) is 18.2 Å². The normalized spacial score (nSPS) is 20.5. The van der Waals surface area contributed by atoms with E-state index in [1.54, 1.807) is 12.1 Å². The highest BCUT2D eigenvalue weighted by molar-refractivity contribution is 5.32. The molecule has 0 amide bonds. The maximum atomic E-state index is 13.0. The van der Waals surface area contributed by atoms with Crippen molar-refractivity contribution >= 4 is 0 Å². The predicted molar refractivity (Wildman–Crippen MR) is 68.6 cm³/mol. The second-order valence-electron chi connectivity index (χ2n) is 5.13. The van der Waals surface area contributed by atoms with Crippen LogP contribution in [0.25, 0.3) is 0 Å². The van der Waals surface area contributed by atoms with Gasteiger partial charge in [0, 0.05) is 25.2 Å². The zero-order chi connectivity index (χ0) is 14.0. The first-order valence-electron chi connectivity index (χ1n) is 6.55. The minimum Gasteiger partial charge on any atom is -0.328 e. The quantitative estimate of drug-likeness (QED) is 0.896. The van der Waals surface area contributed by atoms with E-state index in [0.29, 0.717) is 5.56 Å². The number of rotatable bonds is 2. The minimum atomic E-state index is -4.29. The third-order valence-electron chi connectivity index (χ3n) is 3.84. The SMILES string of the molecule is CC(c1ccccc1C(F)(F)F)N1CCC(N)CC1. The molecule has 0 aromatic heterocycles. The third-order valence-corrected chi connectivity index (χ3v) is 3.84. The van der Waals surface area contributed by atoms with Crippen LogP contribution in [0.4, 0.5) is 13.2 Å². The molecule has 1 aromatic rings. The molecule has 1 aliphatic rings. The van der Waals surface area contributed by atoms with Crippen molar-refractivity contribution in [2.45, 2.75) is 38.0 Å². The molecule has 2 N–H and O–H groups in total. The van der Waals surface area contributed by atoms with Crippen LogP contribution in [0.2, 0.25) is 0 Å². The molecule has 1 saturated heterocycles. The molecular formula is C14H19F3N2. The molecule has 1 aliphatic heterocycles. The second-order valence-corrected chi connectivity index (χ2v) is 5.13. The monoisotopic (exact) mass is 272 g/mol. The third kappa shape index (κ3) is 3.28. The van der Waals surface area contributed by atoms with E-state index in [1.807, 2.05) is 6.92 Å². The van der Waals surface area contributed by atoms with Gasteiger partial charge in [0.2, 0.25) is 0 Å². The molecule has 1 unspecified atom stereocenters. The molecular weight excluding hydrogens is 253 g/mol. The molecule has 2 nitrogen and oxygen atoms in total. The van der Waals surface area contributed by atoms with Gasteiger partial charge in [-0.15, -0.1) is 0 Å². The Balaban J connectivity index is 2.22. The summed E-state index contributed by atoms with van der Waals surface area (Å²) < 4.78 is 39.0. The fourth-order valence-electron chi connectivity index (χ4n) is 2.62. The lowest BCUT2D eigenvalue weighted by molar-refractivity contribution is -0.138. The van der Waals surface area contributed by atoms with Crippen LogP contribution in [0, 0.1) is 0 Å². The largest absolute Gasteiger partial charge is 0.416 e. The van der Waals surface area contributed by atoms with Gasteiger partial charge in [0.05, 0.1) is 5.56 Å². The van der Waals surface area contributed by atoms with Gasteiger partial charge in [-0.25, -0.2) is 0 Å². The van der Waals surface area contributed by atoms with Gasteiger partial charge in [0.15, 0.2) is 0 Å². The molecule has 2 rings (SSSR count). The Labute approximate surface area is 111 Å². The summed E-state index contributed by atoms with van der Waals surface area (Å²) >= 11 is 0. The van der Waals surface area contributed by atoms with Crippen LogP contribution >= 0.6 is 0 Å². The fraction of sp³-hybridized carbons (Fsp3) is 0.571. The Morgan fingerprint density at radius 2 is 1.79 bits per heavy atom. The molecule has 0 bridgehead atoms. The van der Waals surface area contributed by atoms with Crippen molar-refractivity contribution in [1.29, 1.82) is 0 Å². The van der Waals surface area contributed by atoms with Crippen molar-refractivity contribution in [3.8, 4) is 0 Å². The Kier molecular flexibility index (Phi) is 4.16. The molecule has 106 valence electrons. The van der Waals surface area contributed by atoms with Crippen LogP contribution in [0.5, 0.6) is 0 Å². The first kappa shape index (κ1) is 14.3. The Morgan fingerprint density at radius 3 is 2.37 bits per heavy atom. The number of halogens is 3. The predicted octanol–water partition coefficient (Wildman–Crippen LogP) is 3.19. The van der Waals surface area contributed by atoms with E-state index < -0.39 is 11.7 Å². The van der Waals surface area contributed by atoms with Crippen LogP contribution < -0.4 is 5.73 Å². The molecule has 1 aromatic carbocycles. The number of benzene rings is 1. The van der Waals surface area contributed by atoms with E-state index in [0.717, 1.165) is 32.0 Å². The Hall–Kier alpha value is -1.07. The summed E-state index contributed by atoms with van der Waals surface area (Å²) in [5.41, 5.74) is 5.65. The highest BCUT2D eigenvalue weighted by Gasteiger charge is 2.35. The number of piperidine rings is 1. The molecule has 5 heteroatoms. The molecule has 0 radical (unpaired) electrons. The molecule has 0 saturated carbocycles. The Morgan fingerprint density at radius 1 is 1.21 bits per heavy atom. The molecule has 1 heterocycles. The lowest BCUT2D eigenvalue weighted by Gasteiger charge is -2.35. The van der Waals surface area contributed by atoms with Crippen LogP contribution in [0.3, 0.4) is 0 Å². The van der Waals surface area contributed by atoms with Crippen molar-refractivity contribution in [1.82, 2.24) is 4.90 Å². The fourth-order valence-corrected chi connectivity index (χ4v) is 2.62. The van der Waals surface area contributed by atoms with Gasteiger partial charge < -0.3 is 5.73 Å². The smallest absolute Gasteiger partial charge is 0.328 e. The maximum Gasteiger partial charge on any atom is 0.416 e. The van der Waals surface area contributed by atoms with Crippen molar-refractivity contribution in [3.05, 3.63) is 35.4 Å². The van der Waals surface area contributed by atoms with E-state index >= 15 is 0 Å². The van der Waals surface area contributed by atoms with E-state index in [1.165, 1.54) is 6.07 Å². The summed E-state index contributed by atoms with van der Waals surface area (Å²) in [5.74, 6) is 0. The van der Waals surface area contributed by atoms with Gasteiger partial charge in [0.25, 0.3) is 0 Å². The molecule has 19 heavy (non-hydrogen) atoms. The summed E-state index contributed by atoms with van der Waals surface area (Å²) in [6.45, 7) is 3.35. The first-order chi connectivity index (χ1) is 8.89. The van der Waals surface area contributed by atoms with E-state index in [-0.39, 0.29) is 12.1 Å². The summed E-state index contributed by atoms with van der Waals surface area (Å²) in [4.78, 5) is 2.08. The van der Waals surface area contributed by atoms with Gasteiger partial charge in [-0.2, -0.15) is 13.2 Å². The zero-order valence-corrected chi connectivity index (χ0v) is 11.0. The summed E-state index contributed by atoms with van der Waals surface area (Å²) in [6.07, 6.45) is -2.60. The van der Waals surface area contributed by atoms with Gasteiger partial charge in [-0.05, 0) is 31.4 Å². The summed E-state index contributed by atoms with van der Waals surface area (Å²) in [7, 11) is 0. The zero-order valence-electron chi connectivity index (χ0n) is 11.0. The number of hydrogen-bond acceptors (Lipinski definition) is 2. The van der Waals surface area contributed by atoms with Crippen molar-refractivity contribution in [2.75, 3.05) is 13.1 Å². The van der Waals surface area contributed by atoms with Crippen LogP contribution in [-0.2, 0) is 6.18 Å². The van der Waals surface area contributed by atoms with E-state index in [4.69, 9.17) is 5.73 Å². The van der Waals surface area contributed by atoms with E-state index in [2.05, 4.69) is 4.90 Å². The second kappa shape index (κ2) is 5.51. The van der Waals surface area contributed by atoms with E-state index in [9.17, 15) is 13.2 Å². The highest BCUT2D eigenvalue weighted by atomic mass is 19.4. The van der Waals surface area contributed by atoms with Crippen molar-refractivity contribution in [2.24, 2.45) is 5.73 Å². The molecule has 0 spiro atoms. The number of nitrogens with two attached hydrogens (primary N) is 1. The molecule has 1 atom stereocenters. The number of likely N-dealkylation sites (tertiary alicyclic amines) is 1. The lowest BCUT2D eigenvalue weighted by atomic mass is 9.97. The minimum absolute atomic E-state index is 0.182. The van der Waals surface area contributed by atoms with Crippen molar-refractivity contribution in [3.63, 3.8) is 0 Å². The van der Waals surface area contributed by atoms with Crippen molar-refractivity contribution < 1.29 is 13.2 Å². The lowest BCUT2D eigenvalue weighted by Crippen LogP contribution is -2.41. The summed E-state index contributed by atoms with van der Waals surface area (Å²) in [6, 6.07) is 5.78. The first-order valence-corrected chi connectivity index (χ1v) is 6.55. The molecule has 1 fully saturated rings. The van der Waals surface area contributed by atoms with Crippen LogP contribution in [-0.4, -0.2) is 24.0 Å². The average Bonchev–Trinajstić information content (AvgIpc) is 2.38. The number of hydrogen-bond donors (Lipinski definition) is 1. The topological polar surface area (TPSA) is 29.3 Å².